The summed E-state index contributed by atoms with van der Waals surface area (Å²) in [6, 6.07) is 13.8. The Balaban J connectivity index is 0.000000439. The molecule has 5 rings (SSSR count). The number of anilines is 1. The van der Waals surface area contributed by atoms with Gasteiger partial charge in [-0.25, -0.2) is 0 Å². The molecular weight excluding hydrogens is 640 g/mol. The molecule has 0 aliphatic carbocycles. The number of carbonyl (C=O) groups is 3. The van der Waals surface area contributed by atoms with E-state index in [1.165, 1.54) is 13.1 Å². The average Bonchev–Trinajstić information content (AvgIpc) is 3.16. The summed E-state index contributed by atoms with van der Waals surface area (Å²) in [4.78, 5) is 42.5. The van der Waals surface area contributed by atoms with E-state index in [1.807, 2.05) is 30.0 Å². The Morgan fingerprint density at radius 1 is 1.02 bits per heavy atom. The van der Waals surface area contributed by atoms with Gasteiger partial charge in [0.05, 0.1) is 0 Å². The SMILES string of the molecule is C=C(OCC(=O)N1CCN(C2CCOCC2)CC1)N1CCC(N(C)CCc2ccccc2NC=O)CC1.CN.Cc1ccc(OC=O)c(O)c1. The number of likely N-dealkylation sites (tertiary alicyclic amines) is 1. The van der Waals surface area contributed by atoms with Gasteiger partial charge >= 0.3 is 0 Å². The van der Waals surface area contributed by atoms with Crippen LogP contribution in [0.1, 0.15) is 36.8 Å². The molecule has 13 heteroatoms. The topological polar surface area (TPSA) is 150 Å². The quantitative estimate of drug-likeness (QED) is 0.210. The largest absolute Gasteiger partial charge is 0.504 e. The van der Waals surface area contributed by atoms with Gasteiger partial charge in [0.2, 0.25) is 6.41 Å². The number of carbonyl (C=O) groups excluding carboxylic acids is 3. The number of likely N-dealkylation sites (N-methyl/N-ethyl adjacent to an activating group) is 1. The van der Waals surface area contributed by atoms with Crippen molar-refractivity contribution < 1.29 is 33.7 Å². The minimum absolute atomic E-state index is 0.0166. The van der Waals surface area contributed by atoms with Crippen molar-refractivity contribution in [1.29, 1.82) is 0 Å². The molecule has 3 aliphatic heterocycles. The Morgan fingerprint density at radius 2 is 1.70 bits per heavy atom. The lowest BCUT2D eigenvalue weighted by atomic mass is 10.0. The molecular formula is C37H56N6O7. The maximum Gasteiger partial charge on any atom is 0.298 e. The van der Waals surface area contributed by atoms with Gasteiger partial charge in [0.15, 0.2) is 24.0 Å². The summed E-state index contributed by atoms with van der Waals surface area (Å²) in [6.45, 7) is 14.0. The number of nitrogens with zero attached hydrogens (tertiary/aromatic N) is 4. The van der Waals surface area contributed by atoms with Crippen LogP contribution in [0.4, 0.5) is 5.69 Å². The van der Waals surface area contributed by atoms with Crippen molar-refractivity contribution in [3.05, 3.63) is 66.1 Å². The Morgan fingerprint density at radius 3 is 2.34 bits per heavy atom. The van der Waals surface area contributed by atoms with Crippen LogP contribution in [0.15, 0.2) is 54.9 Å². The van der Waals surface area contributed by atoms with E-state index in [1.54, 1.807) is 12.1 Å². The second-order valence-corrected chi connectivity index (χ2v) is 12.5. The van der Waals surface area contributed by atoms with E-state index in [0.29, 0.717) is 18.0 Å². The minimum Gasteiger partial charge on any atom is -0.504 e. The summed E-state index contributed by atoms with van der Waals surface area (Å²) < 4.78 is 15.8. The third-order valence-corrected chi connectivity index (χ3v) is 9.43. The summed E-state index contributed by atoms with van der Waals surface area (Å²) >= 11 is 0. The second-order valence-electron chi connectivity index (χ2n) is 12.5. The fraction of sp³-hybridized carbons (Fsp3) is 0.541. The molecule has 3 heterocycles. The number of aryl methyl sites for hydroxylation is 1. The normalized spacial score (nSPS) is 17.1. The maximum atomic E-state index is 12.7. The molecule has 276 valence electrons. The van der Waals surface area contributed by atoms with Gasteiger partial charge in [0, 0.05) is 76.8 Å². The zero-order valence-electron chi connectivity index (χ0n) is 29.9. The van der Waals surface area contributed by atoms with Gasteiger partial charge in [-0.1, -0.05) is 24.3 Å². The number of aromatic hydroxyl groups is 1. The van der Waals surface area contributed by atoms with E-state index < -0.39 is 0 Å². The highest BCUT2D eigenvalue weighted by Crippen LogP contribution is 2.26. The number of hydrogen-bond donors (Lipinski definition) is 3. The van der Waals surface area contributed by atoms with Gasteiger partial charge in [-0.15, -0.1) is 0 Å². The van der Waals surface area contributed by atoms with Gasteiger partial charge in [0.25, 0.3) is 12.4 Å². The van der Waals surface area contributed by atoms with Gasteiger partial charge in [0.1, 0.15) is 0 Å². The fourth-order valence-electron chi connectivity index (χ4n) is 6.47. The van der Waals surface area contributed by atoms with Crippen LogP contribution in [0.5, 0.6) is 11.5 Å². The van der Waals surface area contributed by atoms with Crippen LogP contribution >= 0.6 is 0 Å². The molecule has 50 heavy (non-hydrogen) atoms. The molecule has 13 nitrogen and oxygen atoms in total. The third kappa shape index (κ3) is 12.6. The van der Waals surface area contributed by atoms with Crippen LogP contribution < -0.4 is 15.8 Å². The Hall–Kier alpha value is -4.17. The highest BCUT2D eigenvalue weighted by atomic mass is 16.5. The van der Waals surface area contributed by atoms with Crippen molar-refractivity contribution in [3.8, 4) is 11.5 Å². The molecule has 0 saturated carbocycles. The van der Waals surface area contributed by atoms with E-state index in [0.717, 1.165) is 114 Å². The fourth-order valence-corrected chi connectivity index (χ4v) is 6.47. The summed E-state index contributed by atoms with van der Waals surface area (Å²) in [5.41, 5.74) is 7.45. The zero-order valence-corrected chi connectivity index (χ0v) is 29.9. The number of hydrogen-bond acceptors (Lipinski definition) is 11. The molecule has 3 fully saturated rings. The molecule has 2 aromatic carbocycles. The zero-order chi connectivity index (χ0) is 36.3. The number of benzene rings is 2. The predicted octanol–water partition coefficient (Wildman–Crippen LogP) is 2.82. The number of amides is 2. The number of rotatable bonds is 13. The van der Waals surface area contributed by atoms with Crippen LogP contribution in [0.2, 0.25) is 0 Å². The molecule has 0 atom stereocenters. The Bertz CT molecular complexity index is 1340. The van der Waals surface area contributed by atoms with E-state index >= 15 is 0 Å². The van der Waals surface area contributed by atoms with Crippen molar-refractivity contribution in [2.75, 3.05) is 85.0 Å². The first-order valence-electron chi connectivity index (χ1n) is 17.4. The lowest BCUT2D eigenvalue weighted by Crippen LogP contribution is -2.53. The third-order valence-electron chi connectivity index (χ3n) is 9.43. The van der Waals surface area contributed by atoms with Crippen LogP contribution in [0, 0.1) is 6.92 Å². The van der Waals surface area contributed by atoms with Crippen LogP contribution in [-0.4, -0.2) is 135 Å². The van der Waals surface area contributed by atoms with Crippen molar-refractivity contribution in [3.63, 3.8) is 0 Å². The standard InChI is InChI=1S/C28H43N5O4.C8H8O3.CH5N/c1-23(37-21-28(35)33-17-15-32(16-18-33)26-10-19-36-20-11-26)31-13-8-25(9-14-31)30(2)12-7-24-5-3-4-6-27(24)29-22-34;1-6-2-3-8(11-5-9)7(10)4-6;1-2/h3-6,22,25-26H,1,7-21H2,2H3,(H,29,34);2-5,10H,1H3;2H2,1H3. The van der Waals surface area contributed by atoms with Gasteiger partial charge in [-0.3, -0.25) is 19.3 Å². The number of nitrogens with two attached hydrogens (primary N) is 1. The maximum absolute atomic E-state index is 12.7. The van der Waals surface area contributed by atoms with Gasteiger partial charge in [-0.05, 0) is 89.0 Å². The highest BCUT2D eigenvalue weighted by Gasteiger charge is 2.28. The number of nitrogens with one attached hydrogen (secondary N) is 1. The summed E-state index contributed by atoms with van der Waals surface area (Å²) in [6.07, 6.45) is 5.85. The first kappa shape index (κ1) is 40.3. The molecule has 2 aromatic rings. The highest BCUT2D eigenvalue weighted by molar-refractivity contribution is 5.77. The number of ether oxygens (including phenoxy) is 3. The lowest BCUT2D eigenvalue weighted by molar-refractivity contribution is -0.138. The molecule has 2 amide bonds. The molecule has 0 spiro atoms. The smallest absolute Gasteiger partial charge is 0.298 e. The van der Waals surface area contributed by atoms with E-state index in [9.17, 15) is 14.4 Å². The van der Waals surface area contributed by atoms with E-state index in [2.05, 4.69) is 50.2 Å². The van der Waals surface area contributed by atoms with Crippen molar-refractivity contribution >= 4 is 24.5 Å². The molecule has 3 saturated heterocycles. The Labute approximate surface area is 296 Å². The molecule has 0 unspecified atom stereocenters. The van der Waals surface area contributed by atoms with Crippen molar-refractivity contribution in [2.45, 2.75) is 51.1 Å². The van der Waals surface area contributed by atoms with Crippen molar-refractivity contribution in [2.24, 2.45) is 5.73 Å². The second kappa shape index (κ2) is 21.8. The number of phenols is 1. The van der Waals surface area contributed by atoms with E-state index in [-0.39, 0.29) is 30.5 Å². The predicted molar refractivity (Wildman–Crippen MR) is 194 cm³/mol. The first-order chi connectivity index (χ1) is 24.3. The molecule has 0 aromatic heterocycles. The molecule has 3 aliphatic rings. The minimum atomic E-state index is -0.0166. The van der Waals surface area contributed by atoms with Crippen LogP contribution in [0.25, 0.3) is 0 Å². The number of para-hydroxylation sites is 1. The van der Waals surface area contributed by atoms with Gasteiger partial charge in [-0.2, -0.15) is 0 Å². The van der Waals surface area contributed by atoms with Gasteiger partial charge < -0.3 is 45.1 Å². The summed E-state index contributed by atoms with van der Waals surface area (Å²) in [5.74, 6) is 0.818. The number of piperazine rings is 1. The van der Waals surface area contributed by atoms with E-state index in [4.69, 9.17) is 14.6 Å². The monoisotopic (exact) mass is 696 g/mol. The molecule has 0 bridgehead atoms. The van der Waals surface area contributed by atoms with Crippen LogP contribution in [0.3, 0.4) is 0 Å². The number of piperidine rings is 1. The molecule has 4 N–H and O–H groups in total. The molecule has 0 radical (unpaired) electrons. The first-order valence-corrected chi connectivity index (χ1v) is 17.4. The summed E-state index contributed by atoms with van der Waals surface area (Å²) in [5, 5.41) is 11.9. The Kier molecular flexibility index (Phi) is 17.6. The van der Waals surface area contributed by atoms with Crippen LogP contribution in [-0.2, 0) is 30.3 Å². The average molecular weight is 697 g/mol. The number of phenolic OH excluding ortho intramolecular Hbond substituents is 1. The lowest BCUT2D eigenvalue weighted by Gasteiger charge is -2.41. The van der Waals surface area contributed by atoms with Crippen molar-refractivity contribution in [1.82, 2.24) is 19.6 Å². The summed E-state index contributed by atoms with van der Waals surface area (Å²) in [7, 11) is 3.67.